The molecule has 1 aromatic carbocycles. The number of hydrogen-bond acceptors (Lipinski definition) is 5. The molecule has 1 atom stereocenters. The summed E-state index contributed by atoms with van der Waals surface area (Å²) in [7, 11) is 0. The van der Waals surface area contributed by atoms with Crippen molar-refractivity contribution in [1.29, 1.82) is 0 Å². The van der Waals surface area contributed by atoms with Crippen molar-refractivity contribution in [2.75, 3.05) is 32.9 Å². The molecule has 162 valence electrons. The molecule has 1 unspecified atom stereocenters. The molecule has 2 heterocycles. The number of benzene rings is 1. The zero-order valence-electron chi connectivity index (χ0n) is 17.7. The van der Waals surface area contributed by atoms with E-state index in [1.54, 1.807) is 6.20 Å². The highest BCUT2D eigenvalue weighted by Crippen LogP contribution is 2.14. The van der Waals surface area contributed by atoms with E-state index in [4.69, 9.17) is 14.2 Å². The van der Waals surface area contributed by atoms with Gasteiger partial charge in [0.15, 0.2) is 5.96 Å². The van der Waals surface area contributed by atoms with Crippen molar-refractivity contribution < 1.29 is 14.2 Å². The Labute approximate surface area is 178 Å². The predicted octanol–water partition coefficient (Wildman–Crippen LogP) is 2.91. The topological polar surface area (TPSA) is 77.0 Å². The Hall–Kier alpha value is -2.64. The molecule has 7 heteroatoms. The molecular weight excluding hydrogens is 380 g/mol. The molecule has 7 nitrogen and oxygen atoms in total. The van der Waals surface area contributed by atoms with Gasteiger partial charge in [0.1, 0.15) is 12.4 Å². The Bertz CT molecular complexity index is 747. The molecule has 1 aliphatic rings. The SMILES string of the molecule is CCNC(=NCc1ccc(OCc2ccccn2)cc1)NCCCOC1CCOC1. The van der Waals surface area contributed by atoms with E-state index in [9.17, 15) is 0 Å². The minimum Gasteiger partial charge on any atom is -0.487 e. The Morgan fingerprint density at radius 2 is 2.10 bits per heavy atom. The van der Waals surface area contributed by atoms with E-state index in [2.05, 4.69) is 27.5 Å². The second-order valence-corrected chi connectivity index (χ2v) is 7.09. The number of ether oxygens (including phenoxy) is 3. The van der Waals surface area contributed by atoms with Crippen LogP contribution in [0.1, 0.15) is 31.0 Å². The minimum atomic E-state index is 0.266. The summed E-state index contributed by atoms with van der Waals surface area (Å²) >= 11 is 0. The number of guanidine groups is 1. The third-order valence-corrected chi connectivity index (χ3v) is 4.66. The third kappa shape index (κ3) is 8.00. The minimum absolute atomic E-state index is 0.266. The van der Waals surface area contributed by atoms with Crippen LogP contribution in [-0.2, 0) is 22.6 Å². The van der Waals surface area contributed by atoms with Crippen LogP contribution in [0.5, 0.6) is 5.75 Å². The molecule has 0 radical (unpaired) electrons. The van der Waals surface area contributed by atoms with E-state index in [0.717, 1.165) is 68.7 Å². The van der Waals surface area contributed by atoms with Crippen LogP contribution >= 0.6 is 0 Å². The second-order valence-electron chi connectivity index (χ2n) is 7.09. The van der Waals surface area contributed by atoms with Crippen LogP contribution in [0.2, 0.25) is 0 Å². The van der Waals surface area contributed by atoms with Crippen molar-refractivity contribution >= 4 is 5.96 Å². The number of pyridine rings is 1. The summed E-state index contributed by atoms with van der Waals surface area (Å²) in [4.78, 5) is 8.93. The zero-order valence-corrected chi connectivity index (χ0v) is 17.7. The van der Waals surface area contributed by atoms with Crippen LogP contribution in [0.3, 0.4) is 0 Å². The van der Waals surface area contributed by atoms with Crippen molar-refractivity contribution in [3.8, 4) is 5.75 Å². The number of rotatable bonds is 11. The van der Waals surface area contributed by atoms with Gasteiger partial charge in [-0.15, -0.1) is 0 Å². The van der Waals surface area contributed by atoms with Crippen molar-refractivity contribution in [3.05, 3.63) is 59.9 Å². The lowest BCUT2D eigenvalue weighted by atomic mass is 10.2. The standard InChI is InChI=1S/C23H32N4O3/c1-2-24-23(26-13-5-14-29-22-11-15-28-18-22)27-16-19-7-9-21(10-8-19)30-17-20-6-3-4-12-25-20/h3-4,6-10,12,22H,2,5,11,13-18H2,1H3,(H2,24,26,27). The van der Waals surface area contributed by atoms with Gasteiger partial charge in [0.2, 0.25) is 0 Å². The van der Waals surface area contributed by atoms with Crippen molar-refractivity contribution in [3.63, 3.8) is 0 Å². The average molecular weight is 413 g/mol. The molecule has 1 aromatic heterocycles. The summed E-state index contributed by atoms with van der Waals surface area (Å²) < 4.78 is 16.9. The molecule has 1 aliphatic heterocycles. The van der Waals surface area contributed by atoms with Crippen molar-refractivity contribution in [1.82, 2.24) is 15.6 Å². The molecule has 0 spiro atoms. The molecule has 0 aliphatic carbocycles. The maximum Gasteiger partial charge on any atom is 0.191 e. The van der Waals surface area contributed by atoms with Gasteiger partial charge in [0.25, 0.3) is 0 Å². The molecule has 0 bridgehead atoms. The lowest BCUT2D eigenvalue weighted by molar-refractivity contribution is 0.0420. The largest absolute Gasteiger partial charge is 0.487 e. The first kappa shape index (κ1) is 22.1. The quantitative estimate of drug-likeness (QED) is 0.336. The van der Waals surface area contributed by atoms with E-state index < -0.39 is 0 Å². The van der Waals surface area contributed by atoms with Gasteiger partial charge >= 0.3 is 0 Å². The van der Waals surface area contributed by atoms with Gasteiger partial charge in [-0.1, -0.05) is 18.2 Å². The summed E-state index contributed by atoms with van der Waals surface area (Å²) in [6.07, 6.45) is 3.98. The van der Waals surface area contributed by atoms with Crippen LogP contribution in [0.25, 0.3) is 0 Å². The number of aliphatic imine (C=N–C) groups is 1. The molecule has 30 heavy (non-hydrogen) atoms. The second kappa shape index (κ2) is 12.8. The van der Waals surface area contributed by atoms with Gasteiger partial charge in [-0.25, -0.2) is 4.99 Å². The van der Waals surface area contributed by atoms with E-state index in [0.29, 0.717) is 13.2 Å². The van der Waals surface area contributed by atoms with Crippen molar-refractivity contribution in [2.24, 2.45) is 4.99 Å². The van der Waals surface area contributed by atoms with Crippen LogP contribution in [0, 0.1) is 0 Å². The first-order valence-electron chi connectivity index (χ1n) is 10.7. The summed E-state index contributed by atoms with van der Waals surface area (Å²) in [5.41, 5.74) is 2.04. The maximum absolute atomic E-state index is 5.79. The molecular formula is C23H32N4O3. The molecule has 1 saturated heterocycles. The normalized spacial score (nSPS) is 16.4. The zero-order chi connectivity index (χ0) is 20.9. The van der Waals surface area contributed by atoms with Crippen LogP contribution in [0.15, 0.2) is 53.7 Å². The van der Waals surface area contributed by atoms with E-state index in [1.165, 1.54) is 0 Å². The van der Waals surface area contributed by atoms with Gasteiger partial charge in [-0.2, -0.15) is 0 Å². The van der Waals surface area contributed by atoms with Crippen LogP contribution in [0.4, 0.5) is 0 Å². The van der Waals surface area contributed by atoms with Gasteiger partial charge in [0.05, 0.1) is 24.9 Å². The lowest BCUT2D eigenvalue weighted by Gasteiger charge is -2.13. The number of aromatic nitrogens is 1. The summed E-state index contributed by atoms with van der Waals surface area (Å²) in [6.45, 7) is 7.05. The monoisotopic (exact) mass is 412 g/mol. The highest BCUT2D eigenvalue weighted by atomic mass is 16.5. The first-order chi connectivity index (χ1) is 14.8. The molecule has 1 fully saturated rings. The molecule has 2 aromatic rings. The fourth-order valence-electron chi connectivity index (χ4n) is 3.02. The van der Waals surface area contributed by atoms with Crippen molar-refractivity contribution in [2.45, 2.75) is 39.0 Å². The number of nitrogens with one attached hydrogen (secondary N) is 2. The van der Waals surface area contributed by atoms with Crippen LogP contribution in [-0.4, -0.2) is 50.0 Å². The fourth-order valence-corrected chi connectivity index (χ4v) is 3.02. The van der Waals surface area contributed by atoms with Gasteiger partial charge in [-0.3, -0.25) is 4.98 Å². The number of hydrogen-bond donors (Lipinski definition) is 2. The highest BCUT2D eigenvalue weighted by Gasteiger charge is 2.15. The van der Waals surface area contributed by atoms with E-state index in [-0.39, 0.29) is 6.10 Å². The Morgan fingerprint density at radius 3 is 2.83 bits per heavy atom. The Kier molecular flexibility index (Phi) is 9.43. The summed E-state index contributed by atoms with van der Waals surface area (Å²) in [5, 5.41) is 6.64. The highest BCUT2D eigenvalue weighted by molar-refractivity contribution is 5.79. The third-order valence-electron chi connectivity index (χ3n) is 4.66. The number of nitrogens with zero attached hydrogens (tertiary/aromatic N) is 2. The molecule has 0 saturated carbocycles. The smallest absolute Gasteiger partial charge is 0.191 e. The van der Waals surface area contributed by atoms with Gasteiger partial charge < -0.3 is 24.8 Å². The average Bonchev–Trinajstić information content (AvgIpc) is 3.31. The Morgan fingerprint density at radius 1 is 1.20 bits per heavy atom. The molecule has 3 rings (SSSR count). The van der Waals surface area contributed by atoms with E-state index in [1.807, 2.05) is 42.5 Å². The van der Waals surface area contributed by atoms with Gasteiger partial charge in [0, 0.05) is 32.5 Å². The summed E-state index contributed by atoms with van der Waals surface area (Å²) in [6, 6.07) is 13.8. The lowest BCUT2D eigenvalue weighted by Crippen LogP contribution is -2.38. The first-order valence-corrected chi connectivity index (χ1v) is 10.7. The van der Waals surface area contributed by atoms with Crippen LogP contribution < -0.4 is 15.4 Å². The van der Waals surface area contributed by atoms with E-state index >= 15 is 0 Å². The van der Waals surface area contributed by atoms with Gasteiger partial charge in [-0.05, 0) is 49.6 Å². The maximum atomic E-state index is 5.79. The molecule has 0 amide bonds. The molecule has 2 N–H and O–H groups in total. The predicted molar refractivity (Wildman–Crippen MR) is 118 cm³/mol. The summed E-state index contributed by atoms with van der Waals surface area (Å²) in [5.74, 6) is 1.64. The fraction of sp³-hybridized carbons (Fsp3) is 0.478. The Balaban J connectivity index is 1.38.